The van der Waals surface area contributed by atoms with Crippen LogP contribution < -0.4 is 5.32 Å². The first-order valence-electron chi connectivity index (χ1n) is 7.75. The van der Waals surface area contributed by atoms with Gasteiger partial charge in [-0.1, -0.05) is 43.2 Å². The highest BCUT2D eigenvalue weighted by Crippen LogP contribution is 2.30. The van der Waals surface area contributed by atoms with Crippen LogP contribution in [-0.2, 0) is 0 Å². The average molecular weight is 293 g/mol. The number of ketones is 1. The summed E-state index contributed by atoms with van der Waals surface area (Å²) in [5.41, 5.74) is 1.82. The van der Waals surface area contributed by atoms with E-state index in [1.807, 2.05) is 30.3 Å². The van der Waals surface area contributed by atoms with Gasteiger partial charge in [0.2, 0.25) is 0 Å². The average Bonchev–Trinajstić information content (AvgIpc) is 3.10. The van der Waals surface area contributed by atoms with Crippen LogP contribution in [0.3, 0.4) is 0 Å². The van der Waals surface area contributed by atoms with Crippen molar-refractivity contribution in [3.63, 3.8) is 0 Å². The van der Waals surface area contributed by atoms with E-state index < -0.39 is 0 Å². The Morgan fingerprint density at radius 3 is 2.23 bits per heavy atom. The largest absolute Gasteiger partial charge is 0.321 e. The zero-order chi connectivity index (χ0) is 15.4. The molecular weight excluding hydrogens is 274 g/mol. The monoisotopic (exact) mass is 293 g/mol. The van der Waals surface area contributed by atoms with Crippen molar-refractivity contribution in [3.8, 4) is 0 Å². The maximum Gasteiger partial charge on any atom is 0.255 e. The minimum atomic E-state index is -0.188. The zero-order valence-corrected chi connectivity index (χ0v) is 12.4. The zero-order valence-electron chi connectivity index (χ0n) is 12.4. The van der Waals surface area contributed by atoms with Crippen LogP contribution in [0.15, 0.2) is 54.6 Å². The third-order valence-electron chi connectivity index (χ3n) is 4.20. The molecule has 2 aromatic rings. The molecule has 1 N–H and O–H groups in total. The number of rotatable bonds is 4. The smallest absolute Gasteiger partial charge is 0.255 e. The lowest BCUT2D eigenvalue weighted by atomic mass is 9.95. The molecule has 3 nitrogen and oxygen atoms in total. The number of hydrogen-bond donors (Lipinski definition) is 1. The van der Waals surface area contributed by atoms with Crippen LogP contribution in [-0.4, -0.2) is 11.7 Å². The summed E-state index contributed by atoms with van der Waals surface area (Å²) >= 11 is 0. The minimum Gasteiger partial charge on any atom is -0.321 e. The molecule has 112 valence electrons. The predicted molar refractivity (Wildman–Crippen MR) is 87.1 cm³/mol. The van der Waals surface area contributed by atoms with Crippen molar-refractivity contribution in [1.82, 2.24) is 0 Å². The van der Waals surface area contributed by atoms with Crippen molar-refractivity contribution in [1.29, 1.82) is 0 Å². The first-order valence-corrected chi connectivity index (χ1v) is 7.75. The summed E-state index contributed by atoms with van der Waals surface area (Å²) in [5.74, 6) is 0.0727. The number of para-hydroxylation sites is 1. The summed E-state index contributed by atoms with van der Waals surface area (Å²) in [4.78, 5) is 24.9. The highest BCUT2D eigenvalue weighted by molar-refractivity contribution is 6.10. The molecule has 0 aromatic heterocycles. The van der Waals surface area contributed by atoms with Gasteiger partial charge in [-0.15, -0.1) is 0 Å². The van der Waals surface area contributed by atoms with E-state index in [2.05, 4.69) is 5.32 Å². The number of Topliss-reactive ketones (excluding diaryl/α,β-unsaturated/α-hetero) is 1. The predicted octanol–water partition coefficient (Wildman–Crippen LogP) is 4.31. The first-order chi connectivity index (χ1) is 10.8. The first kappa shape index (κ1) is 14.5. The van der Waals surface area contributed by atoms with E-state index in [1.165, 1.54) is 0 Å². The molecule has 3 rings (SSSR count). The van der Waals surface area contributed by atoms with E-state index >= 15 is 0 Å². The highest BCUT2D eigenvalue weighted by atomic mass is 16.1. The standard InChI is InChI=1S/C19H19NO2/c21-18(14-8-4-5-9-14)16-12-6-7-13-17(16)20-19(22)15-10-2-1-3-11-15/h1-3,6-7,10-14H,4-5,8-9H2,(H,20,22). The highest BCUT2D eigenvalue weighted by Gasteiger charge is 2.25. The van der Waals surface area contributed by atoms with Crippen molar-refractivity contribution >= 4 is 17.4 Å². The lowest BCUT2D eigenvalue weighted by Crippen LogP contribution is -2.17. The van der Waals surface area contributed by atoms with Gasteiger partial charge in [-0.2, -0.15) is 0 Å². The van der Waals surface area contributed by atoms with E-state index in [0.29, 0.717) is 16.8 Å². The maximum absolute atomic E-state index is 12.6. The molecule has 0 saturated heterocycles. The van der Waals surface area contributed by atoms with Crippen LogP contribution in [0.5, 0.6) is 0 Å². The molecule has 1 aliphatic rings. The normalized spacial score (nSPS) is 14.7. The number of amides is 1. The Balaban J connectivity index is 1.82. The molecule has 0 heterocycles. The fraction of sp³-hybridized carbons (Fsp3) is 0.263. The van der Waals surface area contributed by atoms with Gasteiger partial charge < -0.3 is 5.32 Å². The van der Waals surface area contributed by atoms with Gasteiger partial charge in [-0.25, -0.2) is 0 Å². The van der Waals surface area contributed by atoms with Gasteiger partial charge in [0, 0.05) is 17.0 Å². The van der Waals surface area contributed by atoms with Crippen molar-refractivity contribution in [2.45, 2.75) is 25.7 Å². The molecule has 0 aliphatic heterocycles. The van der Waals surface area contributed by atoms with Gasteiger partial charge in [0.15, 0.2) is 5.78 Å². The Kier molecular flexibility index (Phi) is 4.33. The summed E-state index contributed by atoms with van der Waals surface area (Å²) in [6, 6.07) is 16.3. The van der Waals surface area contributed by atoms with E-state index in [9.17, 15) is 9.59 Å². The molecule has 1 amide bonds. The maximum atomic E-state index is 12.6. The third kappa shape index (κ3) is 3.08. The quantitative estimate of drug-likeness (QED) is 0.854. The second kappa shape index (κ2) is 6.56. The van der Waals surface area contributed by atoms with Crippen molar-refractivity contribution in [3.05, 3.63) is 65.7 Å². The van der Waals surface area contributed by atoms with Crippen LogP contribution in [0.1, 0.15) is 46.4 Å². The Labute approximate surface area is 130 Å². The molecule has 3 heteroatoms. The summed E-state index contributed by atoms with van der Waals surface area (Å²) < 4.78 is 0. The molecule has 0 bridgehead atoms. The van der Waals surface area contributed by atoms with Gasteiger partial charge in [0.05, 0.1) is 5.69 Å². The molecule has 0 radical (unpaired) electrons. The summed E-state index contributed by atoms with van der Waals surface area (Å²) in [6.45, 7) is 0. The summed E-state index contributed by atoms with van der Waals surface area (Å²) in [6.07, 6.45) is 4.16. The lowest BCUT2D eigenvalue weighted by molar-refractivity contribution is 0.0924. The van der Waals surface area contributed by atoms with Crippen LogP contribution in [0.2, 0.25) is 0 Å². The Hall–Kier alpha value is -2.42. The molecule has 0 atom stereocenters. The SMILES string of the molecule is O=C(Nc1ccccc1C(=O)C1CCCC1)c1ccccc1. The second-order valence-electron chi connectivity index (χ2n) is 5.71. The second-order valence-corrected chi connectivity index (χ2v) is 5.71. The van der Waals surface area contributed by atoms with Crippen LogP contribution in [0.25, 0.3) is 0 Å². The number of hydrogen-bond acceptors (Lipinski definition) is 2. The number of carbonyl (C=O) groups excluding carboxylic acids is 2. The number of benzene rings is 2. The minimum absolute atomic E-state index is 0.106. The van der Waals surface area contributed by atoms with Crippen molar-refractivity contribution in [2.24, 2.45) is 5.92 Å². The fourth-order valence-electron chi connectivity index (χ4n) is 3.00. The summed E-state index contributed by atoms with van der Waals surface area (Å²) in [5, 5.41) is 2.87. The van der Waals surface area contributed by atoms with Crippen LogP contribution in [0, 0.1) is 5.92 Å². The molecule has 22 heavy (non-hydrogen) atoms. The summed E-state index contributed by atoms with van der Waals surface area (Å²) in [7, 11) is 0. The number of nitrogens with one attached hydrogen (secondary N) is 1. The van der Waals surface area contributed by atoms with Gasteiger partial charge in [0.1, 0.15) is 0 Å². The Bertz CT molecular complexity index is 673. The van der Waals surface area contributed by atoms with Gasteiger partial charge in [-0.3, -0.25) is 9.59 Å². The third-order valence-corrected chi connectivity index (χ3v) is 4.20. The molecule has 1 saturated carbocycles. The molecule has 2 aromatic carbocycles. The van der Waals surface area contributed by atoms with E-state index in [0.717, 1.165) is 25.7 Å². The molecule has 1 aliphatic carbocycles. The number of carbonyl (C=O) groups is 2. The van der Waals surface area contributed by atoms with E-state index in [1.54, 1.807) is 24.3 Å². The van der Waals surface area contributed by atoms with Crippen molar-refractivity contribution in [2.75, 3.05) is 5.32 Å². The molecule has 0 unspecified atom stereocenters. The van der Waals surface area contributed by atoms with Crippen molar-refractivity contribution < 1.29 is 9.59 Å². The van der Waals surface area contributed by atoms with Gasteiger partial charge in [0.25, 0.3) is 5.91 Å². The molecular formula is C19H19NO2. The van der Waals surface area contributed by atoms with Gasteiger partial charge >= 0.3 is 0 Å². The van der Waals surface area contributed by atoms with Crippen LogP contribution in [0.4, 0.5) is 5.69 Å². The lowest BCUT2D eigenvalue weighted by Gasteiger charge is -2.13. The fourth-order valence-corrected chi connectivity index (χ4v) is 3.00. The van der Waals surface area contributed by atoms with Crippen LogP contribution >= 0.6 is 0 Å². The number of anilines is 1. The van der Waals surface area contributed by atoms with E-state index in [-0.39, 0.29) is 17.6 Å². The Morgan fingerprint density at radius 1 is 0.864 bits per heavy atom. The van der Waals surface area contributed by atoms with E-state index in [4.69, 9.17) is 0 Å². The topological polar surface area (TPSA) is 46.2 Å². The van der Waals surface area contributed by atoms with Gasteiger partial charge in [-0.05, 0) is 37.1 Å². The molecule has 0 spiro atoms. The Morgan fingerprint density at radius 2 is 1.50 bits per heavy atom. The molecule has 1 fully saturated rings.